The highest BCUT2D eigenvalue weighted by atomic mass is 16.6. The maximum Gasteiger partial charge on any atom is 0.306 e. The van der Waals surface area contributed by atoms with E-state index in [1.165, 1.54) is 7.11 Å². The minimum absolute atomic E-state index is 0.0265. The van der Waals surface area contributed by atoms with Gasteiger partial charge in [0, 0.05) is 19.3 Å². The first kappa shape index (κ1) is 19.0. The Kier molecular flexibility index (Phi) is 9.47. The van der Waals surface area contributed by atoms with Gasteiger partial charge in [0.2, 0.25) is 0 Å². The Morgan fingerprint density at radius 3 is 2.13 bits per heavy atom. The van der Waals surface area contributed by atoms with Gasteiger partial charge in [-0.2, -0.15) is 0 Å². The molecule has 0 atom stereocenters. The Morgan fingerprint density at radius 2 is 1.57 bits per heavy atom. The predicted octanol–water partition coefficient (Wildman–Crippen LogP) is 2.03. The van der Waals surface area contributed by atoms with Crippen LogP contribution < -0.4 is 4.90 Å². The second-order valence-corrected chi connectivity index (χ2v) is 4.85. The number of methoxy groups -OCH3 is 1. The first-order valence-electron chi connectivity index (χ1n) is 7.77. The van der Waals surface area contributed by atoms with Gasteiger partial charge in [0.25, 0.3) is 0 Å². The highest BCUT2D eigenvalue weighted by molar-refractivity contribution is 5.77. The van der Waals surface area contributed by atoms with E-state index in [0.29, 0.717) is 19.8 Å². The summed E-state index contributed by atoms with van der Waals surface area (Å²) < 4.78 is 14.8. The van der Waals surface area contributed by atoms with E-state index in [0.717, 1.165) is 12.2 Å². The molecule has 0 saturated heterocycles. The fourth-order valence-electron chi connectivity index (χ4n) is 1.97. The number of likely N-dealkylation sites (N-methyl/N-ethyl adjacent to an activating group) is 1. The fraction of sp³-hybridized carbons (Fsp3) is 0.529. The van der Waals surface area contributed by atoms with Crippen molar-refractivity contribution in [1.82, 2.24) is 0 Å². The van der Waals surface area contributed by atoms with Gasteiger partial charge in [-0.25, -0.2) is 0 Å². The van der Waals surface area contributed by atoms with E-state index in [9.17, 15) is 9.59 Å². The number of ether oxygens (including phenoxy) is 3. The molecule has 0 aliphatic rings. The van der Waals surface area contributed by atoms with Crippen LogP contribution in [0.4, 0.5) is 5.69 Å². The molecule has 6 nitrogen and oxygen atoms in total. The van der Waals surface area contributed by atoms with Crippen LogP contribution in [0.5, 0.6) is 0 Å². The Labute approximate surface area is 137 Å². The molecule has 0 unspecified atom stereocenters. The van der Waals surface area contributed by atoms with Crippen molar-refractivity contribution in [2.75, 3.05) is 44.9 Å². The van der Waals surface area contributed by atoms with Crippen LogP contribution in [0.1, 0.15) is 19.8 Å². The lowest BCUT2D eigenvalue weighted by Crippen LogP contribution is -2.28. The molecule has 0 fully saturated rings. The van der Waals surface area contributed by atoms with Crippen molar-refractivity contribution in [2.24, 2.45) is 0 Å². The number of carbonyl (C=O) groups is 2. The first-order valence-corrected chi connectivity index (χ1v) is 7.77. The van der Waals surface area contributed by atoms with Crippen LogP contribution in [-0.4, -0.2) is 52.0 Å². The van der Waals surface area contributed by atoms with Crippen molar-refractivity contribution in [3.8, 4) is 0 Å². The number of esters is 2. The lowest BCUT2D eigenvalue weighted by Gasteiger charge is -2.22. The molecular weight excluding hydrogens is 298 g/mol. The molecule has 0 aromatic heterocycles. The summed E-state index contributed by atoms with van der Waals surface area (Å²) in [5.41, 5.74) is 1.09. The van der Waals surface area contributed by atoms with Gasteiger partial charge in [-0.1, -0.05) is 18.2 Å². The second-order valence-electron chi connectivity index (χ2n) is 4.85. The second kappa shape index (κ2) is 11.5. The third-order valence-corrected chi connectivity index (χ3v) is 3.21. The van der Waals surface area contributed by atoms with E-state index in [2.05, 4.69) is 4.90 Å². The minimum atomic E-state index is -0.418. The van der Waals surface area contributed by atoms with E-state index in [-0.39, 0.29) is 19.4 Å². The van der Waals surface area contributed by atoms with Crippen LogP contribution in [0, 0.1) is 0 Å². The number of rotatable bonds is 11. The predicted molar refractivity (Wildman–Crippen MR) is 87.4 cm³/mol. The van der Waals surface area contributed by atoms with Gasteiger partial charge in [0.05, 0.1) is 26.0 Å². The molecule has 0 aliphatic heterocycles. The highest BCUT2D eigenvalue weighted by Crippen LogP contribution is 2.12. The van der Waals surface area contributed by atoms with E-state index in [1.807, 2.05) is 37.3 Å². The molecule has 0 saturated carbocycles. The molecule has 1 aromatic rings. The number of hydrogen-bond acceptors (Lipinski definition) is 6. The Bertz CT molecular complexity index is 463. The zero-order valence-electron chi connectivity index (χ0n) is 13.8. The van der Waals surface area contributed by atoms with E-state index in [1.54, 1.807) is 0 Å². The zero-order chi connectivity index (χ0) is 16.9. The number of nitrogens with zero attached hydrogens (tertiary/aromatic N) is 1. The maximum atomic E-state index is 11.6. The molecule has 0 N–H and O–H groups in total. The summed E-state index contributed by atoms with van der Waals surface area (Å²) >= 11 is 0. The lowest BCUT2D eigenvalue weighted by atomic mass is 10.3. The third kappa shape index (κ3) is 8.21. The lowest BCUT2D eigenvalue weighted by molar-refractivity contribution is -0.150. The van der Waals surface area contributed by atoms with Crippen molar-refractivity contribution < 1.29 is 23.8 Å². The number of para-hydroxylation sites is 1. The average molecular weight is 323 g/mol. The summed E-state index contributed by atoms with van der Waals surface area (Å²) in [5, 5.41) is 0. The Morgan fingerprint density at radius 1 is 0.957 bits per heavy atom. The normalized spacial score (nSPS) is 10.2. The quantitative estimate of drug-likeness (QED) is 0.458. The van der Waals surface area contributed by atoms with E-state index in [4.69, 9.17) is 14.2 Å². The molecular formula is C17H25NO5. The summed E-state index contributed by atoms with van der Waals surface area (Å²) in [6, 6.07) is 9.93. The number of carbonyl (C=O) groups excluding carboxylic acids is 2. The molecule has 0 heterocycles. The summed E-state index contributed by atoms with van der Waals surface area (Å²) in [6.45, 7) is 4.33. The maximum absolute atomic E-state index is 11.6. The molecule has 1 rings (SSSR count). The molecule has 6 heteroatoms. The van der Waals surface area contributed by atoms with Crippen molar-refractivity contribution in [3.05, 3.63) is 30.3 Å². The first-order chi connectivity index (χ1) is 11.2. The summed E-state index contributed by atoms with van der Waals surface area (Å²) in [4.78, 5) is 25.1. The van der Waals surface area contributed by atoms with Crippen LogP contribution >= 0.6 is 0 Å². The molecule has 23 heavy (non-hydrogen) atoms. The largest absolute Gasteiger partial charge is 0.464 e. The smallest absolute Gasteiger partial charge is 0.306 e. The van der Waals surface area contributed by atoms with Gasteiger partial charge < -0.3 is 19.1 Å². The topological polar surface area (TPSA) is 65.1 Å². The zero-order valence-corrected chi connectivity index (χ0v) is 13.8. The standard InChI is InChI=1S/C17H25NO5/c1-3-18(15-7-5-4-6-8-15)11-12-22-16(19)9-10-17(20)23-14-13-21-2/h4-8H,3,9-14H2,1-2H3. The van der Waals surface area contributed by atoms with Crippen LogP contribution in [-0.2, 0) is 23.8 Å². The monoisotopic (exact) mass is 323 g/mol. The molecule has 0 spiro atoms. The molecule has 1 aromatic carbocycles. The van der Waals surface area contributed by atoms with Crippen LogP contribution in [0.25, 0.3) is 0 Å². The molecule has 0 radical (unpaired) electrons. The van der Waals surface area contributed by atoms with Gasteiger partial charge >= 0.3 is 11.9 Å². The van der Waals surface area contributed by atoms with Crippen molar-refractivity contribution in [1.29, 1.82) is 0 Å². The highest BCUT2D eigenvalue weighted by Gasteiger charge is 2.10. The van der Waals surface area contributed by atoms with Gasteiger partial charge in [0.15, 0.2) is 0 Å². The van der Waals surface area contributed by atoms with Gasteiger partial charge in [-0.15, -0.1) is 0 Å². The molecule has 0 amide bonds. The summed E-state index contributed by atoms with van der Waals surface area (Å²) in [6.07, 6.45) is 0.0575. The van der Waals surface area contributed by atoms with Crippen molar-refractivity contribution >= 4 is 17.6 Å². The van der Waals surface area contributed by atoms with Crippen LogP contribution in [0.3, 0.4) is 0 Å². The molecule has 0 bridgehead atoms. The van der Waals surface area contributed by atoms with Gasteiger partial charge in [0.1, 0.15) is 13.2 Å². The SMILES string of the molecule is CCN(CCOC(=O)CCC(=O)OCCOC)c1ccccc1. The Balaban J connectivity index is 2.19. The molecule has 0 aliphatic carbocycles. The average Bonchev–Trinajstić information content (AvgIpc) is 2.58. The fourth-order valence-corrected chi connectivity index (χ4v) is 1.97. The number of benzene rings is 1. The van der Waals surface area contributed by atoms with Crippen molar-refractivity contribution in [2.45, 2.75) is 19.8 Å². The van der Waals surface area contributed by atoms with Crippen molar-refractivity contribution in [3.63, 3.8) is 0 Å². The minimum Gasteiger partial charge on any atom is -0.464 e. The third-order valence-electron chi connectivity index (χ3n) is 3.21. The number of anilines is 1. The van der Waals surface area contributed by atoms with E-state index < -0.39 is 11.9 Å². The van der Waals surface area contributed by atoms with Crippen LogP contribution in [0.2, 0.25) is 0 Å². The number of hydrogen-bond donors (Lipinski definition) is 0. The van der Waals surface area contributed by atoms with E-state index >= 15 is 0 Å². The summed E-state index contributed by atoms with van der Waals surface area (Å²) in [7, 11) is 1.53. The van der Waals surface area contributed by atoms with Crippen LogP contribution in [0.15, 0.2) is 30.3 Å². The summed E-state index contributed by atoms with van der Waals surface area (Å²) in [5.74, 6) is -0.809. The van der Waals surface area contributed by atoms with Gasteiger partial charge in [-0.3, -0.25) is 9.59 Å². The Hall–Kier alpha value is -2.08. The molecule has 128 valence electrons. The van der Waals surface area contributed by atoms with Gasteiger partial charge in [-0.05, 0) is 19.1 Å².